The minimum Gasteiger partial charge on any atom is -0.480 e. The lowest BCUT2D eigenvalue weighted by Crippen LogP contribution is -2.63. The maximum atomic E-state index is 11.7. The molecule has 0 aromatic rings. The first kappa shape index (κ1) is 26.7. The van der Waals surface area contributed by atoms with E-state index in [1.807, 2.05) is 6.08 Å². The number of aliphatic hydroxyl groups is 3. The van der Waals surface area contributed by atoms with Crippen molar-refractivity contribution in [3.63, 3.8) is 0 Å². The number of unbranched alkanes of at least 4 members (excludes halogenated alkanes) is 7. The minimum absolute atomic E-state index is 0.0555. The number of hydrogen-bond donors (Lipinski definition) is 5. The van der Waals surface area contributed by atoms with E-state index in [-0.39, 0.29) is 6.42 Å². The fraction of sp³-hybridized carbons (Fsp3) is 0.810. The highest BCUT2D eigenvalue weighted by Crippen LogP contribution is 2.15. The molecule has 0 aliphatic carbocycles. The maximum Gasteiger partial charge on any atom is 0.328 e. The molecule has 0 saturated heterocycles. The molecule has 0 unspecified atom stereocenters. The fourth-order valence-corrected chi connectivity index (χ4v) is 2.93. The van der Waals surface area contributed by atoms with Crippen LogP contribution >= 0.6 is 0 Å². The molecule has 0 heterocycles. The molecule has 0 aromatic heterocycles. The third kappa shape index (κ3) is 10.9. The summed E-state index contributed by atoms with van der Waals surface area (Å²) in [6.07, 6.45) is 11.1. The van der Waals surface area contributed by atoms with Crippen molar-refractivity contribution in [1.82, 2.24) is 0 Å². The Balaban J connectivity index is 3.80. The number of Topliss-reactive ketones (excluding diaryl/α,β-unsaturated/α-hetero) is 1. The smallest absolute Gasteiger partial charge is 0.328 e. The van der Waals surface area contributed by atoms with Crippen LogP contribution in [0.25, 0.3) is 0 Å². The quantitative estimate of drug-likeness (QED) is 0.175. The number of nitrogens with two attached hydrogens (primary N) is 1. The predicted octanol–water partition coefficient (Wildman–Crippen LogP) is 2.31. The van der Waals surface area contributed by atoms with Gasteiger partial charge in [-0.05, 0) is 32.1 Å². The van der Waals surface area contributed by atoms with E-state index < -0.39 is 30.3 Å². The van der Waals surface area contributed by atoms with Gasteiger partial charge in [-0.25, -0.2) is 0 Å². The third-order valence-corrected chi connectivity index (χ3v) is 4.98. The van der Waals surface area contributed by atoms with Gasteiger partial charge in [0.2, 0.25) is 0 Å². The van der Waals surface area contributed by atoms with Crippen LogP contribution in [-0.4, -0.2) is 56.5 Å². The molecule has 164 valence electrons. The molecule has 0 saturated carbocycles. The van der Waals surface area contributed by atoms with Crippen molar-refractivity contribution in [3.05, 3.63) is 12.2 Å². The Hall–Kier alpha value is -1.28. The minimum atomic E-state index is -2.28. The summed E-state index contributed by atoms with van der Waals surface area (Å²) < 4.78 is 0. The Morgan fingerprint density at radius 3 is 2.07 bits per heavy atom. The monoisotopic (exact) mass is 401 g/mol. The van der Waals surface area contributed by atoms with Gasteiger partial charge in [-0.3, -0.25) is 9.59 Å². The molecule has 0 amide bonds. The number of allylic oxidation sites excluding steroid dienone is 1. The third-order valence-electron chi connectivity index (χ3n) is 4.98. The van der Waals surface area contributed by atoms with Crippen molar-refractivity contribution < 1.29 is 30.0 Å². The van der Waals surface area contributed by atoms with Crippen LogP contribution in [0.5, 0.6) is 0 Å². The second kappa shape index (κ2) is 15.6. The van der Waals surface area contributed by atoms with Gasteiger partial charge in [0.25, 0.3) is 0 Å². The zero-order chi connectivity index (χ0) is 21.4. The molecule has 0 bridgehead atoms. The topological polar surface area (TPSA) is 141 Å². The van der Waals surface area contributed by atoms with E-state index in [2.05, 4.69) is 6.92 Å². The zero-order valence-corrected chi connectivity index (χ0v) is 17.2. The maximum absolute atomic E-state index is 11.7. The lowest BCUT2D eigenvalue weighted by molar-refractivity contribution is -0.155. The molecule has 0 rings (SSSR count). The largest absolute Gasteiger partial charge is 0.480 e. The van der Waals surface area contributed by atoms with Gasteiger partial charge in [0, 0.05) is 12.8 Å². The van der Waals surface area contributed by atoms with Crippen LogP contribution < -0.4 is 5.73 Å². The number of carboxylic acid groups (broad SMARTS) is 1. The van der Waals surface area contributed by atoms with Gasteiger partial charge in [-0.1, -0.05) is 51.2 Å². The van der Waals surface area contributed by atoms with Gasteiger partial charge in [-0.2, -0.15) is 0 Å². The molecule has 0 spiro atoms. The predicted molar refractivity (Wildman–Crippen MR) is 109 cm³/mol. The first-order chi connectivity index (χ1) is 13.3. The lowest BCUT2D eigenvalue weighted by Gasteiger charge is -2.30. The molecule has 7 nitrogen and oxygen atoms in total. The van der Waals surface area contributed by atoms with Gasteiger partial charge < -0.3 is 26.2 Å². The molecule has 0 aliphatic rings. The van der Waals surface area contributed by atoms with Crippen LogP contribution in [-0.2, 0) is 9.59 Å². The van der Waals surface area contributed by atoms with Gasteiger partial charge in [0.1, 0.15) is 11.9 Å². The number of rotatable bonds is 18. The molecule has 7 heteroatoms. The summed E-state index contributed by atoms with van der Waals surface area (Å²) in [6, 6.07) is 0. The Morgan fingerprint density at radius 2 is 1.54 bits per heavy atom. The molecule has 0 aliphatic heterocycles. The van der Waals surface area contributed by atoms with E-state index in [1.165, 1.54) is 12.8 Å². The molecule has 6 N–H and O–H groups in total. The molecule has 28 heavy (non-hydrogen) atoms. The molecule has 0 fully saturated rings. The van der Waals surface area contributed by atoms with Crippen molar-refractivity contribution in [2.45, 2.75) is 102 Å². The molecule has 3 atom stereocenters. The summed E-state index contributed by atoms with van der Waals surface area (Å²) in [6.45, 7) is 1.19. The highest BCUT2D eigenvalue weighted by Gasteiger charge is 2.44. The number of aliphatic carboxylic acids is 1. The average Bonchev–Trinajstić information content (AvgIpc) is 2.68. The van der Waals surface area contributed by atoms with E-state index in [0.717, 1.165) is 44.9 Å². The molecule has 0 aromatic carbocycles. The van der Waals surface area contributed by atoms with Crippen LogP contribution in [0, 0.1) is 0 Å². The Kier molecular flexibility index (Phi) is 14.9. The van der Waals surface area contributed by atoms with Crippen LogP contribution in [0.1, 0.15) is 84.0 Å². The van der Waals surface area contributed by atoms with E-state index in [4.69, 9.17) is 15.9 Å². The van der Waals surface area contributed by atoms with Crippen LogP contribution in [0.3, 0.4) is 0 Å². The summed E-state index contributed by atoms with van der Waals surface area (Å²) in [5.41, 5.74) is 3.16. The van der Waals surface area contributed by atoms with Crippen LogP contribution in [0.2, 0.25) is 0 Å². The second-order valence-electron chi connectivity index (χ2n) is 7.53. The van der Waals surface area contributed by atoms with Crippen molar-refractivity contribution in [3.8, 4) is 0 Å². The molecular formula is C21H39NO6. The number of hydrogen-bond acceptors (Lipinski definition) is 6. The van der Waals surface area contributed by atoms with Crippen molar-refractivity contribution >= 4 is 11.8 Å². The SMILES string of the molecule is CCCCCCC(=O)CCCCCC/C=C\C[C@H](O)[C@H](O)[C@@](N)(CO)C(=O)O. The van der Waals surface area contributed by atoms with Crippen molar-refractivity contribution in [1.29, 1.82) is 0 Å². The van der Waals surface area contributed by atoms with Gasteiger partial charge in [-0.15, -0.1) is 0 Å². The first-order valence-corrected chi connectivity index (χ1v) is 10.5. The highest BCUT2D eigenvalue weighted by molar-refractivity contribution is 5.79. The van der Waals surface area contributed by atoms with Crippen molar-refractivity contribution in [2.75, 3.05) is 6.61 Å². The van der Waals surface area contributed by atoms with Gasteiger partial charge in [0.15, 0.2) is 5.54 Å². The summed E-state index contributed by atoms with van der Waals surface area (Å²) in [4.78, 5) is 22.7. The summed E-state index contributed by atoms with van der Waals surface area (Å²) in [5, 5.41) is 37.8. The average molecular weight is 402 g/mol. The Labute approximate surface area is 168 Å². The van der Waals surface area contributed by atoms with Gasteiger partial charge >= 0.3 is 5.97 Å². The number of carboxylic acids is 1. The number of carbonyl (C=O) groups is 2. The number of carbonyl (C=O) groups excluding carboxylic acids is 1. The zero-order valence-electron chi connectivity index (χ0n) is 17.2. The molecule has 0 radical (unpaired) electrons. The second-order valence-corrected chi connectivity index (χ2v) is 7.53. The van der Waals surface area contributed by atoms with E-state index in [1.54, 1.807) is 6.08 Å². The first-order valence-electron chi connectivity index (χ1n) is 10.5. The lowest BCUT2D eigenvalue weighted by atomic mass is 9.89. The van der Waals surface area contributed by atoms with Crippen molar-refractivity contribution in [2.24, 2.45) is 5.73 Å². The standard InChI is InChI=1S/C21H39NO6/c1-2-3-4-10-13-17(24)14-11-8-6-5-7-9-12-15-18(25)19(26)21(22,16-23)20(27)28/h9,12,18-19,23,25-26H,2-8,10-11,13-16,22H2,1H3,(H,27,28)/b12-9-/t18-,19-,21-/m0/s1. The van der Waals surface area contributed by atoms with E-state index in [0.29, 0.717) is 18.6 Å². The normalized spacial score (nSPS) is 16.0. The van der Waals surface area contributed by atoms with Gasteiger partial charge in [0.05, 0.1) is 12.7 Å². The molecular weight excluding hydrogens is 362 g/mol. The Morgan fingerprint density at radius 1 is 0.964 bits per heavy atom. The highest BCUT2D eigenvalue weighted by atomic mass is 16.4. The summed E-state index contributed by atoms with van der Waals surface area (Å²) in [5.74, 6) is -1.20. The fourth-order valence-electron chi connectivity index (χ4n) is 2.93. The van der Waals surface area contributed by atoms with E-state index in [9.17, 15) is 19.8 Å². The Bertz CT molecular complexity index is 468. The number of ketones is 1. The summed E-state index contributed by atoms with van der Waals surface area (Å²) >= 11 is 0. The van der Waals surface area contributed by atoms with Crippen LogP contribution in [0.4, 0.5) is 0 Å². The van der Waals surface area contributed by atoms with Crippen LogP contribution in [0.15, 0.2) is 12.2 Å². The van der Waals surface area contributed by atoms with E-state index >= 15 is 0 Å². The number of aliphatic hydroxyl groups excluding tert-OH is 3. The summed E-state index contributed by atoms with van der Waals surface area (Å²) in [7, 11) is 0.